The predicted molar refractivity (Wildman–Crippen MR) is 87.7 cm³/mol. The minimum atomic E-state index is 0.0849. The molecule has 0 aromatic heterocycles. The summed E-state index contributed by atoms with van der Waals surface area (Å²) in [6.07, 6.45) is 5.65. The Labute approximate surface area is 129 Å². The summed E-state index contributed by atoms with van der Waals surface area (Å²) in [5.41, 5.74) is 3.81. The third kappa shape index (κ3) is 3.21. The fourth-order valence-electron chi connectivity index (χ4n) is 2.47. The van der Waals surface area contributed by atoms with E-state index in [9.17, 15) is 4.79 Å². The van der Waals surface area contributed by atoms with Gasteiger partial charge in [0, 0.05) is 23.6 Å². The molecular formula is C17H20BrNO. The number of fused-ring (bicyclic) bond motifs is 1. The van der Waals surface area contributed by atoms with Crippen molar-refractivity contribution in [1.82, 2.24) is 4.90 Å². The Balaban J connectivity index is 2.20. The number of rotatable bonds is 4. The van der Waals surface area contributed by atoms with Gasteiger partial charge in [-0.25, -0.2) is 0 Å². The van der Waals surface area contributed by atoms with E-state index in [-0.39, 0.29) is 5.91 Å². The molecule has 0 N–H and O–H groups in total. The lowest BCUT2D eigenvalue weighted by atomic mass is 9.92. The molecule has 0 aliphatic heterocycles. The van der Waals surface area contributed by atoms with Crippen molar-refractivity contribution in [3.8, 4) is 0 Å². The van der Waals surface area contributed by atoms with E-state index < -0.39 is 0 Å². The highest BCUT2D eigenvalue weighted by Crippen LogP contribution is 2.35. The van der Waals surface area contributed by atoms with Gasteiger partial charge >= 0.3 is 0 Å². The van der Waals surface area contributed by atoms with Gasteiger partial charge in [0.25, 0.3) is 0 Å². The van der Waals surface area contributed by atoms with Crippen LogP contribution in [0.15, 0.2) is 42.0 Å². The van der Waals surface area contributed by atoms with E-state index in [1.807, 2.05) is 30.9 Å². The highest BCUT2D eigenvalue weighted by Gasteiger charge is 2.15. The van der Waals surface area contributed by atoms with E-state index in [4.69, 9.17) is 0 Å². The molecular weight excluding hydrogens is 314 g/mol. The zero-order valence-electron chi connectivity index (χ0n) is 12.0. The minimum Gasteiger partial charge on any atom is -0.340 e. The van der Waals surface area contributed by atoms with Crippen LogP contribution in [0.25, 0.3) is 4.48 Å². The molecule has 0 atom stereocenters. The molecule has 0 saturated carbocycles. The van der Waals surface area contributed by atoms with Gasteiger partial charge in [0.1, 0.15) is 0 Å². The molecule has 0 unspecified atom stereocenters. The van der Waals surface area contributed by atoms with Gasteiger partial charge in [-0.15, -0.1) is 0 Å². The summed E-state index contributed by atoms with van der Waals surface area (Å²) in [6.45, 7) is 5.51. The normalized spacial score (nSPS) is 14.6. The monoisotopic (exact) mass is 333 g/mol. The molecule has 1 aliphatic carbocycles. The Morgan fingerprint density at radius 3 is 2.65 bits per heavy atom. The Hall–Kier alpha value is -1.35. The molecule has 1 aliphatic rings. The average molecular weight is 334 g/mol. The van der Waals surface area contributed by atoms with Crippen LogP contribution >= 0.6 is 15.9 Å². The average Bonchev–Trinajstić information content (AvgIpc) is 2.48. The molecule has 2 rings (SSSR count). The van der Waals surface area contributed by atoms with Gasteiger partial charge in [0.2, 0.25) is 5.91 Å². The van der Waals surface area contributed by atoms with Gasteiger partial charge in [-0.1, -0.05) is 30.3 Å². The zero-order valence-corrected chi connectivity index (χ0v) is 13.6. The molecule has 3 heteroatoms. The van der Waals surface area contributed by atoms with Crippen LogP contribution in [0.3, 0.4) is 0 Å². The first-order chi connectivity index (χ1) is 9.67. The van der Waals surface area contributed by atoms with Gasteiger partial charge in [0.15, 0.2) is 0 Å². The van der Waals surface area contributed by atoms with Crippen LogP contribution in [0.2, 0.25) is 0 Å². The van der Waals surface area contributed by atoms with Gasteiger partial charge in [-0.3, -0.25) is 4.79 Å². The number of allylic oxidation sites excluding steroid dienone is 2. The largest absolute Gasteiger partial charge is 0.340 e. The standard InChI is InChI=1S/C17H20BrNO/c1-3-19(4-2)16(20)12-11-14-10-9-13-7-5-6-8-15(13)17(14)18/h5-8,11-12H,3-4,9-10H2,1-2H3/b12-11+. The topological polar surface area (TPSA) is 20.3 Å². The lowest BCUT2D eigenvalue weighted by molar-refractivity contribution is -0.125. The number of benzene rings is 1. The van der Waals surface area contributed by atoms with Crippen LogP contribution < -0.4 is 0 Å². The molecule has 1 aromatic carbocycles. The summed E-state index contributed by atoms with van der Waals surface area (Å²) in [4.78, 5) is 13.8. The number of aryl methyl sites for hydroxylation is 1. The second-order valence-electron chi connectivity index (χ2n) is 4.84. The molecule has 0 radical (unpaired) electrons. The summed E-state index contributed by atoms with van der Waals surface area (Å²) < 4.78 is 1.11. The van der Waals surface area contributed by atoms with Gasteiger partial charge in [0.05, 0.1) is 0 Å². The second kappa shape index (κ2) is 6.89. The summed E-state index contributed by atoms with van der Waals surface area (Å²) in [5.74, 6) is 0.0849. The molecule has 1 aromatic rings. The van der Waals surface area contributed by atoms with E-state index in [2.05, 4.69) is 34.1 Å². The van der Waals surface area contributed by atoms with E-state index >= 15 is 0 Å². The highest BCUT2D eigenvalue weighted by atomic mass is 79.9. The van der Waals surface area contributed by atoms with Crippen molar-refractivity contribution in [2.24, 2.45) is 0 Å². The molecule has 106 valence electrons. The third-order valence-electron chi connectivity index (χ3n) is 3.70. The zero-order chi connectivity index (χ0) is 14.5. The molecule has 0 spiro atoms. The summed E-state index contributed by atoms with van der Waals surface area (Å²) in [6, 6.07) is 8.41. The van der Waals surface area contributed by atoms with Crippen molar-refractivity contribution in [2.75, 3.05) is 13.1 Å². The number of hydrogen-bond acceptors (Lipinski definition) is 1. The fraction of sp³-hybridized carbons (Fsp3) is 0.353. The number of amides is 1. The van der Waals surface area contributed by atoms with E-state index in [0.29, 0.717) is 0 Å². The quantitative estimate of drug-likeness (QED) is 0.757. The van der Waals surface area contributed by atoms with E-state index in [0.717, 1.165) is 30.4 Å². The number of carbonyl (C=O) groups is 1. The number of carbonyl (C=O) groups excluding carboxylic acids is 1. The minimum absolute atomic E-state index is 0.0849. The number of likely N-dealkylation sites (N-methyl/N-ethyl adjacent to an activating group) is 1. The molecule has 0 fully saturated rings. The first-order valence-electron chi connectivity index (χ1n) is 7.11. The number of hydrogen-bond donors (Lipinski definition) is 0. The van der Waals surface area contributed by atoms with Gasteiger partial charge in [-0.05, 0) is 59.3 Å². The van der Waals surface area contributed by atoms with Crippen LogP contribution in [0, 0.1) is 0 Å². The number of halogens is 1. The lowest BCUT2D eigenvalue weighted by Crippen LogP contribution is -2.28. The maximum Gasteiger partial charge on any atom is 0.246 e. The van der Waals surface area contributed by atoms with Crippen molar-refractivity contribution < 1.29 is 4.79 Å². The van der Waals surface area contributed by atoms with Crippen molar-refractivity contribution in [2.45, 2.75) is 26.7 Å². The SMILES string of the molecule is CCN(CC)C(=O)/C=C/C1=C(Br)c2ccccc2CC1. The van der Waals surface area contributed by atoms with Crippen LogP contribution in [0.4, 0.5) is 0 Å². The molecule has 0 heterocycles. The van der Waals surface area contributed by atoms with E-state index in [1.54, 1.807) is 6.08 Å². The summed E-state index contributed by atoms with van der Waals surface area (Å²) >= 11 is 3.68. The van der Waals surface area contributed by atoms with E-state index in [1.165, 1.54) is 16.7 Å². The molecule has 2 nitrogen and oxygen atoms in total. The summed E-state index contributed by atoms with van der Waals surface area (Å²) in [5, 5.41) is 0. The maximum absolute atomic E-state index is 12.0. The lowest BCUT2D eigenvalue weighted by Gasteiger charge is -2.19. The van der Waals surface area contributed by atoms with Crippen LogP contribution in [-0.4, -0.2) is 23.9 Å². The predicted octanol–water partition coefficient (Wildman–Crippen LogP) is 4.16. The first kappa shape index (κ1) is 15.0. The highest BCUT2D eigenvalue weighted by molar-refractivity contribution is 9.15. The van der Waals surface area contributed by atoms with Crippen LogP contribution in [-0.2, 0) is 11.2 Å². The van der Waals surface area contributed by atoms with Crippen molar-refractivity contribution >= 4 is 26.3 Å². The Kier molecular flexibility index (Phi) is 5.18. The first-order valence-corrected chi connectivity index (χ1v) is 7.90. The molecule has 20 heavy (non-hydrogen) atoms. The fourth-order valence-corrected chi connectivity index (χ4v) is 3.19. The van der Waals surface area contributed by atoms with Crippen molar-refractivity contribution in [3.05, 3.63) is 53.1 Å². The smallest absolute Gasteiger partial charge is 0.246 e. The third-order valence-corrected chi connectivity index (χ3v) is 4.64. The maximum atomic E-state index is 12.0. The Morgan fingerprint density at radius 1 is 1.25 bits per heavy atom. The molecule has 0 bridgehead atoms. The molecule has 0 saturated heterocycles. The number of nitrogens with zero attached hydrogens (tertiary/aromatic N) is 1. The van der Waals surface area contributed by atoms with Crippen molar-refractivity contribution in [1.29, 1.82) is 0 Å². The van der Waals surface area contributed by atoms with Crippen LogP contribution in [0.5, 0.6) is 0 Å². The van der Waals surface area contributed by atoms with Gasteiger partial charge < -0.3 is 4.90 Å². The summed E-state index contributed by atoms with van der Waals surface area (Å²) in [7, 11) is 0. The Bertz CT molecular complexity index is 556. The van der Waals surface area contributed by atoms with Crippen molar-refractivity contribution in [3.63, 3.8) is 0 Å². The van der Waals surface area contributed by atoms with Crippen LogP contribution in [0.1, 0.15) is 31.4 Å². The van der Waals surface area contributed by atoms with Gasteiger partial charge in [-0.2, -0.15) is 0 Å². The second-order valence-corrected chi connectivity index (χ2v) is 5.63. The molecule has 1 amide bonds. The Morgan fingerprint density at radius 2 is 1.95 bits per heavy atom.